The van der Waals surface area contributed by atoms with Crippen LogP contribution in [0.1, 0.15) is 114 Å². The van der Waals surface area contributed by atoms with Gasteiger partial charge < -0.3 is 0 Å². The van der Waals surface area contributed by atoms with Crippen molar-refractivity contribution in [2.75, 3.05) is 0 Å². The number of nitrogens with zero attached hydrogens (tertiary/aromatic N) is 2. The summed E-state index contributed by atoms with van der Waals surface area (Å²) in [6.45, 7) is 4.45. The van der Waals surface area contributed by atoms with E-state index in [1.165, 1.54) is 69.8 Å². The van der Waals surface area contributed by atoms with Crippen molar-refractivity contribution in [2.45, 2.75) is 110 Å². The van der Waals surface area contributed by atoms with E-state index in [-0.39, 0.29) is 5.82 Å². The lowest BCUT2D eigenvalue weighted by Gasteiger charge is -2.28. The molecular weight excluding hydrogens is 383 g/mol. The van der Waals surface area contributed by atoms with Crippen LogP contribution in [0.25, 0.3) is 11.4 Å². The van der Waals surface area contributed by atoms with E-state index in [1.54, 1.807) is 6.07 Å². The third-order valence-corrected chi connectivity index (χ3v) is 7.07. The Bertz CT molecular complexity index is 763. The Balaban J connectivity index is 1.49. The molecule has 1 heterocycles. The first-order valence-electron chi connectivity index (χ1n) is 12.8. The van der Waals surface area contributed by atoms with Gasteiger partial charge >= 0.3 is 0 Å². The fourth-order valence-electron chi connectivity index (χ4n) is 4.97. The van der Waals surface area contributed by atoms with Crippen molar-refractivity contribution < 1.29 is 4.39 Å². The van der Waals surface area contributed by atoms with Crippen molar-refractivity contribution in [1.29, 1.82) is 0 Å². The van der Waals surface area contributed by atoms with Crippen molar-refractivity contribution >= 4 is 0 Å². The van der Waals surface area contributed by atoms with Gasteiger partial charge in [0.2, 0.25) is 0 Å². The lowest BCUT2D eigenvalue weighted by atomic mass is 9.77. The van der Waals surface area contributed by atoms with Crippen LogP contribution >= 0.6 is 0 Å². The molecule has 3 heteroatoms. The molecule has 0 aliphatic heterocycles. The Kier molecular flexibility index (Phi) is 9.96. The molecule has 0 amide bonds. The van der Waals surface area contributed by atoms with E-state index < -0.39 is 0 Å². The predicted molar refractivity (Wildman–Crippen MR) is 129 cm³/mol. The summed E-state index contributed by atoms with van der Waals surface area (Å²) < 4.78 is 14.5. The van der Waals surface area contributed by atoms with E-state index in [0.29, 0.717) is 11.7 Å². The number of aryl methyl sites for hydroxylation is 1. The molecule has 1 aromatic carbocycles. The van der Waals surface area contributed by atoms with Gasteiger partial charge in [-0.2, -0.15) is 0 Å². The largest absolute Gasteiger partial charge is 0.236 e. The quantitative estimate of drug-likeness (QED) is 0.319. The molecule has 1 aliphatic carbocycles. The Morgan fingerprint density at radius 2 is 1.52 bits per heavy atom. The van der Waals surface area contributed by atoms with Crippen LogP contribution in [-0.2, 0) is 6.42 Å². The van der Waals surface area contributed by atoms with Gasteiger partial charge in [0, 0.05) is 18.0 Å². The van der Waals surface area contributed by atoms with E-state index in [9.17, 15) is 4.39 Å². The van der Waals surface area contributed by atoms with E-state index in [0.717, 1.165) is 42.7 Å². The first kappa shape index (κ1) is 23.9. The molecule has 1 fully saturated rings. The summed E-state index contributed by atoms with van der Waals surface area (Å²) >= 11 is 0. The Morgan fingerprint density at radius 3 is 2.19 bits per heavy atom. The zero-order chi connectivity index (χ0) is 21.9. The van der Waals surface area contributed by atoms with Crippen LogP contribution in [-0.4, -0.2) is 9.97 Å². The summed E-state index contributed by atoms with van der Waals surface area (Å²) in [7, 11) is 0. The molecule has 2 nitrogen and oxygen atoms in total. The smallest absolute Gasteiger partial charge is 0.159 e. The van der Waals surface area contributed by atoms with Crippen molar-refractivity contribution in [2.24, 2.45) is 5.92 Å². The minimum Gasteiger partial charge on any atom is -0.236 e. The Labute approximate surface area is 189 Å². The molecule has 0 spiro atoms. The molecule has 1 saturated carbocycles. The molecular formula is C28H41FN2. The zero-order valence-corrected chi connectivity index (χ0v) is 19.7. The van der Waals surface area contributed by atoms with Crippen LogP contribution in [0.2, 0.25) is 0 Å². The molecule has 0 radical (unpaired) electrons. The summed E-state index contributed by atoms with van der Waals surface area (Å²) in [5, 5.41) is 0. The van der Waals surface area contributed by atoms with Crippen LogP contribution in [0.15, 0.2) is 30.6 Å². The summed E-state index contributed by atoms with van der Waals surface area (Å²) in [6.07, 6.45) is 21.6. The minimum absolute atomic E-state index is 0.130. The third-order valence-electron chi connectivity index (χ3n) is 7.07. The van der Waals surface area contributed by atoms with Crippen LogP contribution in [0.3, 0.4) is 0 Å². The maximum Gasteiger partial charge on any atom is 0.159 e. The predicted octanol–water partition coefficient (Wildman–Crippen LogP) is 8.65. The monoisotopic (exact) mass is 424 g/mol. The first-order chi connectivity index (χ1) is 15.2. The van der Waals surface area contributed by atoms with Gasteiger partial charge in [-0.15, -0.1) is 0 Å². The summed E-state index contributed by atoms with van der Waals surface area (Å²) in [6, 6.07) is 5.47. The standard InChI is InChI=1S/C28H41FN2/c1-3-5-7-8-10-11-22-13-15-23(16-14-22)26-20-30-28(31-21-26)25-18-17-24(27(29)19-25)12-9-6-4-2/h17-23H,3-16H2,1-2H3. The topological polar surface area (TPSA) is 25.8 Å². The van der Waals surface area contributed by atoms with Crippen molar-refractivity contribution in [3.8, 4) is 11.4 Å². The molecule has 1 aliphatic rings. The Hall–Kier alpha value is -1.77. The highest BCUT2D eigenvalue weighted by Crippen LogP contribution is 2.37. The van der Waals surface area contributed by atoms with Gasteiger partial charge in [-0.25, -0.2) is 14.4 Å². The van der Waals surface area contributed by atoms with E-state index in [2.05, 4.69) is 23.8 Å². The van der Waals surface area contributed by atoms with Gasteiger partial charge in [0.1, 0.15) is 5.82 Å². The van der Waals surface area contributed by atoms with Crippen molar-refractivity contribution in [1.82, 2.24) is 9.97 Å². The molecule has 0 unspecified atom stereocenters. The van der Waals surface area contributed by atoms with Gasteiger partial charge in [0.25, 0.3) is 0 Å². The molecule has 2 aromatic rings. The average Bonchev–Trinajstić information content (AvgIpc) is 2.81. The van der Waals surface area contributed by atoms with Crippen LogP contribution in [0.5, 0.6) is 0 Å². The number of halogens is 1. The molecule has 1 aromatic heterocycles. The fourth-order valence-corrected chi connectivity index (χ4v) is 4.97. The number of hydrogen-bond acceptors (Lipinski definition) is 2. The second-order valence-corrected chi connectivity index (χ2v) is 9.52. The summed E-state index contributed by atoms with van der Waals surface area (Å²) in [5.41, 5.74) is 2.83. The SMILES string of the molecule is CCCCCCCC1CCC(c2cnc(-c3ccc(CCCCC)c(F)c3)nc2)CC1. The average molecular weight is 425 g/mol. The highest BCUT2D eigenvalue weighted by Gasteiger charge is 2.22. The number of aromatic nitrogens is 2. The van der Waals surface area contributed by atoms with E-state index >= 15 is 0 Å². The molecule has 0 bridgehead atoms. The van der Waals surface area contributed by atoms with E-state index in [4.69, 9.17) is 0 Å². The van der Waals surface area contributed by atoms with Crippen molar-refractivity contribution in [3.05, 3.63) is 47.5 Å². The summed E-state index contributed by atoms with van der Waals surface area (Å²) in [5.74, 6) is 2.00. The van der Waals surface area contributed by atoms with Crippen LogP contribution < -0.4 is 0 Å². The van der Waals surface area contributed by atoms with Gasteiger partial charge in [0.05, 0.1) is 0 Å². The second kappa shape index (κ2) is 12.9. The number of rotatable bonds is 12. The molecule has 0 N–H and O–H groups in total. The normalized spacial score (nSPS) is 18.9. The third kappa shape index (κ3) is 7.40. The van der Waals surface area contributed by atoms with Crippen LogP contribution in [0, 0.1) is 11.7 Å². The van der Waals surface area contributed by atoms with Gasteiger partial charge in [-0.05, 0) is 67.6 Å². The molecule has 0 saturated heterocycles. The molecule has 31 heavy (non-hydrogen) atoms. The molecule has 0 atom stereocenters. The second-order valence-electron chi connectivity index (χ2n) is 9.52. The number of benzene rings is 1. The summed E-state index contributed by atoms with van der Waals surface area (Å²) in [4.78, 5) is 9.18. The molecule has 170 valence electrons. The fraction of sp³-hybridized carbons (Fsp3) is 0.643. The lowest BCUT2D eigenvalue weighted by Crippen LogP contribution is -2.14. The number of unbranched alkanes of at least 4 members (excludes halogenated alkanes) is 6. The van der Waals surface area contributed by atoms with Crippen molar-refractivity contribution in [3.63, 3.8) is 0 Å². The molecule has 3 rings (SSSR count). The first-order valence-corrected chi connectivity index (χ1v) is 12.8. The van der Waals surface area contributed by atoms with E-state index in [1.807, 2.05) is 24.5 Å². The maximum absolute atomic E-state index is 14.5. The Morgan fingerprint density at radius 1 is 0.839 bits per heavy atom. The van der Waals surface area contributed by atoms with Gasteiger partial charge in [0.15, 0.2) is 5.82 Å². The highest BCUT2D eigenvalue weighted by atomic mass is 19.1. The lowest BCUT2D eigenvalue weighted by molar-refractivity contribution is 0.301. The number of hydrogen-bond donors (Lipinski definition) is 0. The maximum atomic E-state index is 14.5. The zero-order valence-electron chi connectivity index (χ0n) is 19.7. The minimum atomic E-state index is -0.130. The van der Waals surface area contributed by atoms with Gasteiger partial charge in [-0.1, -0.05) is 77.3 Å². The highest BCUT2D eigenvalue weighted by molar-refractivity contribution is 5.55. The van der Waals surface area contributed by atoms with Gasteiger partial charge in [-0.3, -0.25) is 0 Å². The van der Waals surface area contributed by atoms with Crippen LogP contribution in [0.4, 0.5) is 4.39 Å².